The molecule has 1 amide bonds. The molecular formula is C15H20ClNO2. The fraction of sp³-hybridized carbons (Fsp3) is 0.533. The minimum atomic E-state index is -0.150. The van der Waals surface area contributed by atoms with Crippen LogP contribution in [-0.4, -0.2) is 23.7 Å². The smallest absolute Gasteiger partial charge is 0.251 e. The maximum atomic E-state index is 12.0. The van der Waals surface area contributed by atoms with E-state index in [1.165, 1.54) is 0 Å². The Hall–Kier alpha value is -1.06. The van der Waals surface area contributed by atoms with Gasteiger partial charge in [0, 0.05) is 17.1 Å². The number of rotatable bonds is 3. The highest BCUT2D eigenvalue weighted by atomic mass is 35.5. The number of hydrogen-bond acceptors (Lipinski definition) is 2. The van der Waals surface area contributed by atoms with Gasteiger partial charge in [0.15, 0.2) is 0 Å². The summed E-state index contributed by atoms with van der Waals surface area (Å²) < 4.78 is 0. The van der Waals surface area contributed by atoms with Crippen molar-refractivity contribution in [3.8, 4) is 0 Å². The van der Waals surface area contributed by atoms with Gasteiger partial charge in [-0.1, -0.05) is 11.6 Å². The first-order valence-electron chi connectivity index (χ1n) is 6.78. The summed E-state index contributed by atoms with van der Waals surface area (Å²) in [6, 6.07) is 5.36. The van der Waals surface area contributed by atoms with Gasteiger partial charge in [-0.3, -0.25) is 4.79 Å². The lowest BCUT2D eigenvalue weighted by atomic mass is 9.87. The molecule has 0 heterocycles. The number of benzene rings is 1. The van der Waals surface area contributed by atoms with E-state index in [2.05, 4.69) is 5.32 Å². The van der Waals surface area contributed by atoms with Gasteiger partial charge in [0.05, 0.1) is 6.10 Å². The standard InChI is InChI=1S/C15H20ClNO2/c1-10-6-12(8-13(16)7-10)15(19)17-9-11-2-4-14(18)5-3-11/h6-8,11,14,18H,2-5,9H2,1H3,(H,17,19). The van der Waals surface area contributed by atoms with Crippen LogP contribution in [0, 0.1) is 12.8 Å². The third-order valence-corrected chi connectivity index (χ3v) is 3.89. The molecule has 1 aliphatic carbocycles. The summed E-state index contributed by atoms with van der Waals surface area (Å²) in [5.41, 5.74) is 1.60. The molecule has 3 nitrogen and oxygen atoms in total. The number of aliphatic hydroxyl groups excluding tert-OH is 1. The highest BCUT2D eigenvalue weighted by Crippen LogP contribution is 2.23. The summed E-state index contributed by atoms with van der Waals surface area (Å²) >= 11 is 5.95. The molecule has 104 valence electrons. The van der Waals surface area contributed by atoms with Crippen molar-refractivity contribution >= 4 is 17.5 Å². The Bertz CT molecular complexity index is 433. The lowest BCUT2D eigenvalue weighted by Crippen LogP contribution is -2.32. The maximum Gasteiger partial charge on any atom is 0.251 e. The Labute approximate surface area is 119 Å². The van der Waals surface area contributed by atoms with Gasteiger partial charge < -0.3 is 10.4 Å². The number of halogens is 1. The first-order chi connectivity index (χ1) is 9.04. The van der Waals surface area contributed by atoms with Crippen LogP contribution in [0.25, 0.3) is 0 Å². The van der Waals surface area contributed by atoms with Crippen molar-refractivity contribution in [1.29, 1.82) is 0 Å². The molecule has 1 saturated carbocycles. The third-order valence-electron chi connectivity index (χ3n) is 3.67. The van der Waals surface area contributed by atoms with Gasteiger partial charge in [-0.15, -0.1) is 0 Å². The zero-order valence-corrected chi connectivity index (χ0v) is 11.9. The van der Waals surface area contributed by atoms with Gasteiger partial charge in [0.1, 0.15) is 0 Å². The summed E-state index contributed by atoms with van der Waals surface area (Å²) in [5, 5.41) is 13.0. The molecule has 1 aliphatic rings. The molecule has 1 aromatic rings. The number of carbonyl (C=O) groups excluding carboxylic acids is 1. The van der Waals surface area contributed by atoms with E-state index in [-0.39, 0.29) is 12.0 Å². The minimum Gasteiger partial charge on any atom is -0.393 e. The molecule has 0 atom stereocenters. The topological polar surface area (TPSA) is 49.3 Å². The zero-order valence-electron chi connectivity index (χ0n) is 11.2. The average Bonchev–Trinajstić information content (AvgIpc) is 2.36. The van der Waals surface area contributed by atoms with E-state index in [0.29, 0.717) is 23.0 Å². The van der Waals surface area contributed by atoms with Gasteiger partial charge in [0.2, 0.25) is 0 Å². The van der Waals surface area contributed by atoms with Gasteiger partial charge in [0.25, 0.3) is 5.91 Å². The first-order valence-corrected chi connectivity index (χ1v) is 7.16. The van der Waals surface area contributed by atoms with Crippen LogP contribution in [0.4, 0.5) is 0 Å². The van der Waals surface area contributed by atoms with Crippen LogP contribution in [0.5, 0.6) is 0 Å². The van der Waals surface area contributed by atoms with Crippen LogP contribution in [-0.2, 0) is 0 Å². The van der Waals surface area contributed by atoms with Crippen molar-refractivity contribution in [2.45, 2.75) is 38.7 Å². The van der Waals surface area contributed by atoms with Crippen molar-refractivity contribution in [3.63, 3.8) is 0 Å². The maximum absolute atomic E-state index is 12.0. The molecule has 1 aromatic carbocycles. The fourth-order valence-corrected chi connectivity index (χ4v) is 2.85. The van der Waals surface area contributed by atoms with Crippen LogP contribution < -0.4 is 5.32 Å². The van der Waals surface area contributed by atoms with Crippen molar-refractivity contribution in [1.82, 2.24) is 5.32 Å². The van der Waals surface area contributed by atoms with E-state index in [0.717, 1.165) is 31.2 Å². The van der Waals surface area contributed by atoms with Crippen LogP contribution in [0.1, 0.15) is 41.6 Å². The Morgan fingerprint density at radius 1 is 1.32 bits per heavy atom. The molecule has 19 heavy (non-hydrogen) atoms. The SMILES string of the molecule is Cc1cc(Cl)cc(C(=O)NCC2CCC(O)CC2)c1. The number of nitrogens with one attached hydrogen (secondary N) is 1. The van der Waals surface area contributed by atoms with Crippen molar-refractivity contribution in [3.05, 3.63) is 34.3 Å². The van der Waals surface area contributed by atoms with E-state index in [9.17, 15) is 9.90 Å². The molecule has 0 spiro atoms. The van der Waals surface area contributed by atoms with Crippen molar-refractivity contribution in [2.24, 2.45) is 5.92 Å². The van der Waals surface area contributed by atoms with Gasteiger partial charge in [-0.05, 0) is 62.3 Å². The lowest BCUT2D eigenvalue weighted by molar-refractivity contribution is 0.0910. The molecule has 1 fully saturated rings. The van der Waals surface area contributed by atoms with Crippen LogP contribution in [0.2, 0.25) is 5.02 Å². The largest absolute Gasteiger partial charge is 0.393 e. The highest BCUT2D eigenvalue weighted by Gasteiger charge is 2.20. The Balaban J connectivity index is 1.87. The van der Waals surface area contributed by atoms with E-state index >= 15 is 0 Å². The fourth-order valence-electron chi connectivity index (χ4n) is 2.56. The molecule has 0 radical (unpaired) electrons. The molecule has 0 aromatic heterocycles. The Morgan fingerprint density at radius 3 is 2.63 bits per heavy atom. The second kappa shape index (κ2) is 6.40. The summed E-state index contributed by atoms with van der Waals surface area (Å²) in [6.07, 6.45) is 3.50. The summed E-state index contributed by atoms with van der Waals surface area (Å²) in [7, 11) is 0. The minimum absolute atomic E-state index is 0.0725. The number of amides is 1. The number of aliphatic hydroxyl groups is 1. The number of hydrogen-bond donors (Lipinski definition) is 2. The van der Waals surface area contributed by atoms with E-state index in [1.54, 1.807) is 6.07 Å². The highest BCUT2D eigenvalue weighted by molar-refractivity contribution is 6.31. The van der Waals surface area contributed by atoms with Gasteiger partial charge in [-0.25, -0.2) is 0 Å². The molecular weight excluding hydrogens is 262 g/mol. The zero-order chi connectivity index (χ0) is 13.8. The monoisotopic (exact) mass is 281 g/mol. The summed E-state index contributed by atoms with van der Waals surface area (Å²) in [6.45, 7) is 2.60. The second-order valence-electron chi connectivity index (χ2n) is 5.40. The second-order valence-corrected chi connectivity index (χ2v) is 5.84. The Kier molecular flexibility index (Phi) is 4.83. The molecule has 0 saturated heterocycles. The Morgan fingerprint density at radius 2 is 2.00 bits per heavy atom. The quantitative estimate of drug-likeness (QED) is 0.895. The molecule has 2 N–H and O–H groups in total. The number of carbonyl (C=O) groups is 1. The van der Waals surface area contributed by atoms with Crippen molar-refractivity contribution < 1.29 is 9.90 Å². The van der Waals surface area contributed by atoms with Gasteiger partial charge in [-0.2, -0.15) is 0 Å². The van der Waals surface area contributed by atoms with E-state index < -0.39 is 0 Å². The predicted octanol–water partition coefficient (Wildman–Crippen LogP) is 2.93. The van der Waals surface area contributed by atoms with Crippen LogP contribution in [0.15, 0.2) is 18.2 Å². The third kappa shape index (κ3) is 4.22. The van der Waals surface area contributed by atoms with E-state index in [1.807, 2.05) is 19.1 Å². The van der Waals surface area contributed by atoms with Crippen LogP contribution in [0.3, 0.4) is 0 Å². The molecule has 0 unspecified atom stereocenters. The predicted molar refractivity (Wildman–Crippen MR) is 76.5 cm³/mol. The van der Waals surface area contributed by atoms with Gasteiger partial charge >= 0.3 is 0 Å². The molecule has 0 bridgehead atoms. The summed E-state index contributed by atoms with van der Waals surface area (Å²) in [5.74, 6) is 0.407. The molecule has 2 rings (SSSR count). The van der Waals surface area contributed by atoms with Crippen molar-refractivity contribution in [2.75, 3.05) is 6.54 Å². The molecule has 0 aliphatic heterocycles. The summed E-state index contributed by atoms with van der Waals surface area (Å²) in [4.78, 5) is 12.0. The normalized spacial score (nSPS) is 23.1. The number of aryl methyl sites for hydroxylation is 1. The van der Waals surface area contributed by atoms with Crippen LogP contribution >= 0.6 is 11.6 Å². The molecule has 4 heteroatoms. The first kappa shape index (κ1) is 14.4. The average molecular weight is 282 g/mol. The lowest BCUT2D eigenvalue weighted by Gasteiger charge is -2.25. The van der Waals surface area contributed by atoms with E-state index in [4.69, 9.17) is 11.6 Å².